The van der Waals surface area contributed by atoms with Crippen LogP contribution in [0.2, 0.25) is 0 Å². The Bertz CT molecular complexity index is 1360. The summed E-state index contributed by atoms with van der Waals surface area (Å²) in [7, 11) is -4.06. The molecule has 2 aromatic carbocycles. The highest BCUT2D eigenvalue weighted by Gasteiger charge is 2.48. The Labute approximate surface area is 196 Å². The fourth-order valence-corrected chi connectivity index (χ4v) is 7.17. The van der Waals surface area contributed by atoms with Gasteiger partial charge in [-0.2, -0.15) is 16.1 Å². The van der Waals surface area contributed by atoms with Gasteiger partial charge in [-0.25, -0.2) is 8.42 Å². The van der Waals surface area contributed by atoms with Crippen LogP contribution in [0.15, 0.2) is 45.7 Å². The molecular weight excluding hydrogens is 464 g/mol. The number of nitrogens with zero attached hydrogens (tertiary/aromatic N) is 1. The van der Waals surface area contributed by atoms with Crippen LogP contribution in [0.25, 0.3) is 21.9 Å². The van der Waals surface area contributed by atoms with Gasteiger partial charge in [0.15, 0.2) is 0 Å². The number of hydrogen-bond acceptors (Lipinski definition) is 6. The van der Waals surface area contributed by atoms with Crippen molar-refractivity contribution in [3.63, 3.8) is 0 Å². The normalized spacial score (nSPS) is 19.2. The van der Waals surface area contributed by atoms with E-state index in [2.05, 4.69) is 5.32 Å². The summed E-state index contributed by atoms with van der Waals surface area (Å²) < 4.78 is 33.2. The van der Waals surface area contributed by atoms with Crippen LogP contribution in [0.3, 0.4) is 0 Å². The number of hydrogen-bond donors (Lipinski definition) is 2. The van der Waals surface area contributed by atoms with Gasteiger partial charge in [0, 0.05) is 45.5 Å². The molecule has 0 unspecified atom stereocenters. The number of thioether (sulfide) groups is 1. The van der Waals surface area contributed by atoms with E-state index in [0.29, 0.717) is 33.4 Å². The first-order valence-electron chi connectivity index (χ1n) is 10.6. The van der Waals surface area contributed by atoms with E-state index in [1.807, 2.05) is 0 Å². The molecule has 10 heteroatoms. The van der Waals surface area contributed by atoms with Crippen LogP contribution in [0.1, 0.15) is 27.7 Å². The summed E-state index contributed by atoms with van der Waals surface area (Å²) in [5, 5.41) is 13.9. The lowest BCUT2D eigenvalue weighted by Crippen LogP contribution is -2.58. The van der Waals surface area contributed by atoms with Crippen LogP contribution >= 0.6 is 11.8 Å². The Kier molecular flexibility index (Phi) is 5.96. The van der Waals surface area contributed by atoms with Crippen molar-refractivity contribution in [3.8, 4) is 0 Å². The summed E-state index contributed by atoms with van der Waals surface area (Å²) in [6.45, 7) is 7.22. The van der Waals surface area contributed by atoms with Gasteiger partial charge in [-0.1, -0.05) is 13.8 Å². The first-order chi connectivity index (χ1) is 15.4. The largest absolute Gasteiger partial charge is 0.480 e. The molecule has 2 heterocycles. The molecule has 8 nitrogen and oxygen atoms in total. The number of amides is 1. The number of fused-ring (bicyclic) bond motifs is 3. The van der Waals surface area contributed by atoms with E-state index in [4.69, 9.17) is 4.42 Å². The summed E-state index contributed by atoms with van der Waals surface area (Å²) in [5.74, 6) is -0.939. The second-order valence-electron chi connectivity index (χ2n) is 8.92. The standard InChI is InChI=1S/C23H26N2O6S2/c1-13(2)21(26)24-14-5-7-16-17-12-15(6-8-18(17)31-19(16)11-14)33(29,30)25-9-10-32-23(3,4)20(25)22(27)28/h5-8,11-13,20H,9-10H2,1-4H3,(H,24,26)(H,27,28)/t20-/m0/s1. The smallest absolute Gasteiger partial charge is 0.323 e. The minimum absolute atomic E-state index is 0.0174. The van der Waals surface area contributed by atoms with Crippen molar-refractivity contribution in [2.45, 2.75) is 43.4 Å². The van der Waals surface area contributed by atoms with Crippen LogP contribution in [0, 0.1) is 5.92 Å². The summed E-state index contributed by atoms with van der Waals surface area (Å²) in [6.07, 6.45) is 0. The second-order valence-corrected chi connectivity index (χ2v) is 12.6. The number of sulfonamides is 1. The van der Waals surface area contributed by atoms with Crippen molar-refractivity contribution in [1.82, 2.24) is 4.31 Å². The number of benzene rings is 2. The summed E-state index contributed by atoms with van der Waals surface area (Å²) >= 11 is 1.45. The molecule has 33 heavy (non-hydrogen) atoms. The SMILES string of the molecule is CC(C)C(=O)Nc1ccc2c(c1)oc1ccc(S(=O)(=O)N3CCSC(C)(C)[C@@H]3C(=O)O)cc12. The number of carbonyl (C=O) groups excluding carboxylic acids is 1. The predicted molar refractivity (Wildman–Crippen MR) is 129 cm³/mol. The van der Waals surface area contributed by atoms with E-state index < -0.39 is 26.8 Å². The van der Waals surface area contributed by atoms with Crippen LogP contribution in [0.4, 0.5) is 5.69 Å². The number of aliphatic carboxylic acids is 1. The lowest BCUT2D eigenvalue weighted by molar-refractivity contribution is -0.142. The topological polar surface area (TPSA) is 117 Å². The third-order valence-electron chi connectivity index (χ3n) is 5.81. The Hall–Kier alpha value is -2.56. The monoisotopic (exact) mass is 490 g/mol. The van der Waals surface area contributed by atoms with Crippen LogP contribution in [0.5, 0.6) is 0 Å². The highest BCUT2D eigenvalue weighted by Crippen LogP contribution is 2.39. The average Bonchev–Trinajstić information content (AvgIpc) is 3.09. The number of carboxylic acid groups (broad SMARTS) is 1. The van der Waals surface area contributed by atoms with Gasteiger partial charge in [0.2, 0.25) is 15.9 Å². The molecule has 0 saturated carbocycles. The molecule has 1 atom stereocenters. The first-order valence-corrected chi connectivity index (χ1v) is 13.0. The molecule has 3 aromatic rings. The fraction of sp³-hybridized carbons (Fsp3) is 0.391. The molecule has 1 aliphatic heterocycles. The lowest BCUT2D eigenvalue weighted by Gasteiger charge is -2.42. The molecule has 0 bridgehead atoms. The molecule has 176 valence electrons. The van der Waals surface area contributed by atoms with E-state index in [1.165, 1.54) is 23.9 Å². The number of furan rings is 1. The molecule has 1 aliphatic rings. The third kappa shape index (κ3) is 4.22. The Morgan fingerprint density at radius 2 is 1.88 bits per heavy atom. The summed E-state index contributed by atoms with van der Waals surface area (Å²) in [6, 6.07) is 8.58. The zero-order chi connectivity index (χ0) is 24.1. The Balaban J connectivity index is 1.76. The average molecular weight is 491 g/mol. The molecule has 1 aromatic heterocycles. The molecular formula is C23H26N2O6S2. The number of carbonyl (C=O) groups is 2. The Morgan fingerprint density at radius 1 is 1.15 bits per heavy atom. The molecule has 0 radical (unpaired) electrons. The van der Waals surface area contributed by atoms with Crippen molar-refractivity contribution in [2.75, 3.05) is 17.6 Å². The van der Waals surface area contributed by atoms with E-state index in [-0.39, 0.29) is 23.3 Å². The number of carboxylic acids is 1. The van der Waals surface area contributed by atoms with Gasteiger partial charge in [-0.3, -0.25) is 9.59 Å². The molecule has 2 N–H and O–H groups in total. The molecule has 1 saturated heterocycles. The predicted octanol–water partition coefficient (Wildman–Crippen LogP) is 4.15. The Morgan fingerprint density at radius 3 is 2.55 bits per heavy atom. The molecule has 1 amide bonds. The zero-order valence-corrected chi connectivity index (χ0v) is 20.4. The van der Waals surface area contributed by atoms with Crippen molar-refractivity contribution in [3.05, 3.63) is 36.4 Å². The third-order valence-corrected chi connectivity index (χ3v) is 9.02. The lowest BCUT2D eigenvalue weighted by atomic mass is 10.0. The van der Waals surface area contributed by atoms with Gasteiger partial charge in [-0.05, 0) is 44.2 Å². The van der Waals surface area contributed by atoms with E-state index in [0.717, 1.165) is 4.31 Å². The quantitative estimate of drug-likeness (QED) is 0.552. The maximum atomic E-state index is 13.5. The van der Waals surface area contributed by atoms with Gasteiger partial charge in [0.25, 0.3) is 0 Å². The summed E-state index contributed by atoms with van der Waals surface area (Å²) in [5.41, 5.74) is 1.60. The maximum Gasteiger partial charge on any atom is 0.323 e. The van der Waals surface area contributed by atoms with Crippen LogP contribution in [-0.2, 0) is 19.6 Å². The van der Waals surface area contributed by atoms with Crippen LogP contribution in [-0.4, -0.2) is 52.8 Å². The highest BCUT2D eigenvalue weighted by molar-refractivity contribution is 8.00. The van der Waals surface area contributed by atoms with E-state index in [9.17, 15) is 23.1 Å². The van der Waals surface area contributed by atoms with Crippen LogP contribution < -0.4 is 5.32 Å². The fourth-order valence-electron chi connectivity index (χ4n) is 4.05. The van der Waals surface area contributed by atoms with Gasteiger partial charge in [0.05, 0.1) is 4.90 Å². The maximum absolute atomic E-state index is 13.5. The van der Waals surface area contributed by atoms with Crippen molar-refractivity contribution < 1.29 is 27.5 Å². The molecule has 1 fully saturated rings. The highest BCUT2D eigenvalue weighted by atomic mass is 32.2. The zero-order valence-electron chi connectivity index (χ0n) is 18.8. The molecule has 4 rings (SSSR count). The number of rotatable bonds is 5. The summed E-state index contributed by atoms with van der Waals surface area (Å²) in [4.78, 5) is 24.0. The van der Waals surface area contributed by atoms with E-state index >= 15 is 0 Å². The van der Waals surface area contributed by atoms with Gasteiger partial charge in [-0.15, -0.1) is 0 Å². The van der Waals surface area contributed by atoms with Crippen molar-refractivity contribution >= 4 is 61.3 Å². The minimum Gasteiger partial charge on any atom is -0.480 e. The second kappa shape index (κ2) is 8.34. The number of anilines is 1. The molecule has 0 aliphatic carbocycles. The first kappa shape index (κ1) is 23.6. The van der Waals surface area contributed by atoms with Crippen molar-refractivity contribution in [1.29, 1.82) is 0 Å². The van der Waals surface area contributed by atoms with Gasteiger partial charge in [0.1, 0.15) is 17.2 Å². The molecule has 0 spiro atoms. The van der Waals surface area contributed by atoms with Gasteiger partial charge < -0.3 is 14.8 Å². The number of nitrogens with one attached hydrogen (secondary N) is 1. The van der Waals surface area contributed by atoms with E-state index in [1.54, 1.807) is 52.0 Å². The van der Waals surface area contributed by atoms with Gasteiger partial charge >= 0.3 is 5.97 Å². The van der Waals surface area contributed by atoms with Crippen molar-refractivity contribution in [2.24, 2.45) is 5.92 Å². The minimum atomic E-state index is -4.06.